The lowest BCUT2D eigenvalue weighted by atomic mass is 9.96. The van der Waals surface area contributed by atoms with Gasteiger partial charge in [0.05, 0.1) is 5.60 Å². The molecule has 2 heteroatoms. The van der Waals surface area contributed by atoms with Crippen LogP contribution in [0.3, 0.4) is 0 Å². The lowest BCUT2D eigenvalue weighted by Gasteiger charge is -2.34. The Morgan fingerprint density at radius 2 is 1.76 bits per heavy atom. The number of hydrogen-bond donors (Lipinski definition) is 1. The number of hydrogen-bond acceptors (Lipinski definition) is 2. The van der Waals surface area contributed by atoms with Crippen molar-refractivity contribution in [3.63, 3.8) is 0 Å². The molecule has 1 rings (SSSR count). The van der Waals surface area contributed by atoms with Crippen LogP contribution in [0, 0.1) is 0 Å². The lowest BCUT2D eigenvalue weighted by molar-refractivity contribution is -0.0478. The third-order valence-corrected chi connectivity index (χ3v) is 3.76. The van der Waals surface area contributed by atoms with E-state index < -0.39 is 0 Å². The van der Waals surface area contributed by atoms with Gasteiger partial charge in [-0.25, -0.2) is 0 Å². The van der Waals surface area contributed by atoms with Crippen molar-refractivity contribution in [1.82, 2.24) is 5.32 Å². The van der Waals surface area contributed by atoms with Gasteiger partial charge < -0.3 is 10.1 Å². The molecule has 0 aromatic heterocycles. The number of rotatable bonds is 9. The predicted molar refractivity (Wildman–Crippen MR) is 74.5 cm³/mol. The van der Waals surface area contributed by atoms with Crippen molar-refractivity contribution < 1.29 is 4.74 Å². The van der Waals surface area contributed by atoms with E-state index in [2.05, 4.69) is 19.2 Å². The zero-order valence-corrected chi connectivity index (χ0v) is 11.9. The average molecular weight is 241 g/mol. The molecule has 0 radical (unpaired) electrons. The Hall–Kier alpha value is -0.0800. The number of unbranched alkanes of at least 4 members (excludes halogenated alkanes) is 6. The van der Waals surface area contributed by atoms with E-state index in [4.69, 9.17) is 4.74 Å². The standard InChI is InChI=1S/C15H31NO/c1-3-4-5-6-7-8-9-13-17-15(2)11-10-12-16-14-15/h16H,3-14H2,1-2H3. The van der Waals surface area contributed by atoms with Crippen LogP contribution in [0.4, 0.5) is 0 Å². The van der Waals surface area contributed by atoms with Crippen LogP contribution in [0.1, 0.15) is 71.6 Å². The summed E-state index contributed by atoms with van der Waals surface area (Å²) in [5.74, 6) is 0. The van der Waals surface area contributed by atoms with E-state index in [1.807, 2.05) is 0 Å². The van der Waals surface area contributed by atoms with Crippen molar-refractivity contribution in [1.29, 1.82) is 0 Å². The van der Waals surface area contributed by atoms with E-state index in [1.54, 1.807) is 0 Å². The summed E-state index contributed by atoms with van der Waals surface area (Å²) < 4.78 is 6.04. The first kappa shape index (κ1) is 15.0. The zero-order valence-electron chi connectivity index (χ0n) is 11.9. The fourth-order valence-corrected chi connectivity index (χ4v) is 2.53. The van der Waals surface area contributed by atoms with Crippen molar-refractivity contribution in [2.24, 2.45) is 0 Å². The molecule has 1 fully saturated rings. The number of ether oxygens (including phenoxy) is 1. The van der Waals surface area contributed by atoms with Gasteiger partial charge in [-0.2, -0.15) is 0 Å². The molecule has 1 saturated heterocycles. The van der Waals surface area contributed by atoms with E-state index in [1.165, 1.54) is 57.8 Å². The second-order valence-electron chi connectivity index (χ2n) is 5.70. The minimum atomic E-state index is 0.112. The van der Waals surface area contributed by atoms with Crippen LogP contribution in [0.5, 0.6) is 0 Å². The van der Waals surface area contributed by atoms with Crippen molar-refractivity contribution in [2.75, 3.05) is 19.7 Å². The minimum absolute atomic E-state index is 0.112. The molecule has 0 aliphatic carbocycles. The van der Waals surface area contributed by atoms with Crippen LogP contribution in [-0.4, -0.2) is 25.3 Å². The highest BCUT2D eigenvalue weighted by atomic mass is 16.5. The maximum atomic E-state index is 6.04. The van der Waals surface area contributed by atoms with Gasteiger partial charge >= 0.3 is 0 Å². The van der Waals surface area contributed by atoms with E-state index >= 15 is 0 Å². The van der Waals surface area contributed by atoms with Gasteiger partial charge in [-0.1, -0.05) is 45.4 Å². The van der Waals surface area contributed by atoms with E-state index in [0.29, 0.717) is 0 Å². The van der Waals surface area contributed by atoms with E-state index in [0.717, 1.165) is 19.7 Å². The summed E-state index contributed by atoms with van der Waals surface area (Å²) in [7, 11) is 0. The maximum absolute atomic E-state index is 6.04. The molecule has 1 heterocycles. The molecule has 0 aromatic rings. The molecule has 1 aliphatic heterocycles. The second kappa shape index (κ2) is 8.93. The molecule has 2 nitrogen and oxygen atoms in total. The van der Waals surface area contributed by atoms with Gasteiger partial charge in [-0.05, 0) is 32.7 Å². The molecule has 0 amide bonds. The minimum Gasteiger partial charge on any atom is -0.374 e. The summed E-state index contributed by atoms with van der Waals surface area (Å²) >= 11 is 0. The first-order chi connectivity index (χ1) is 8.27. The Balaban J connectivity index is 1.89. The molecular weight excluding hydrogens is 210 g/mol. The molecular formula is C15H31NO. The Bertz CT molecular complexity index is 176. The first-order valence-electron chi connectivity index (χ1n) is 7.61. The summed E-state index contributed by atoms with van der Waals surface area (Å²) in [6.45, 7) is 7.67. The van der Waals surface area contributed by atoms with Crippen molar-refractivity contribution in [2.45, 2.75) is 77.2 Å². The van der Waals surface area contributed by atoms with Crippen LogP contribution in [0.25, 0.3) is 0 Å². The van der Waals surface area contributed by atoms with Gasteiger partial charge in [0.2, 0.25) is 0 Å². The quantitative estimate of drug-likeness (QED) is 0.618. The maximum Gasteiger partial charge on any atom is 0.0778 e. The smallest absolute Gasteiger partial charge is 0.0778 e. The summed E-state index contributed by atoms with van der Waals surface area (Å²) in [4.78, 5) is 0. The van der Waals surface area contributed by atoms with Crippen LogP contribution in [-0.2, 0) is 4.74 Å². The Labute approximate surface area is 108 Å². The van der Waals surface area contributed by atoms with Crippen molar-refractivity contribution in [3.8, 4) is 0 Å². The van der Waals surface area contributed by atoms with Crippen LogP contribution in [0.2, 0.25) is 0 Å². The molecule has 1 atom stereocenters. The van der Waals surface area contributed by atoms with E-state index in [-0.39, 0.29) is 5.60 Å². The molecule has 0 bridgehead atoms. The molecule has 0 aromatic carbocycles. The summed E-state index contributed by atoms with van der Waals surface area (Å²) in [6, 6.07) is 0. The Kier molecular flexibility index (Phi) is 7.87. The number of piperidine rings is 1. The van der Waals surface area contributed by atoms with Gasteiger partial charge in [-0.15, -0.1) is 0 Å². The largest absolute Gasteiger partial charge is 0.374 e. The Morgan fingerprint density at radius 3 is 2.41 bits per heavy atom. The molecule has 1 unspecified atom stereocenters. The second-order valence-corrected chi connectivity index (χ2v) is 5.70. The topological polar surface area (TPSA) is 21.3 Å². The summed E-state index contributed by atoms with van der Waals surface area (Å²) in [5, 5.41) is 3.43. The monoisotopic (exact) mass is 241 g/mol. The molecule has 1 aliphatic rings. The molecule has 0 spiro atoms. The van der Waals surface area contributed by atoms with Gasteiger partial charge in [0.25, 0.3) is 0 Å². The highest BCUT2D eigenvalue weighted by molar-refractivity contribution is 4.82. The highest BCUT2D eigenvalue weighted by Crippen LogP contribution is 2.20. The average Bonchev–Trinajstić information content (AvgIpc) is 2.33. The normalized spacial score (nSPS) is 25.1. The molecule has 17 heavy (non-hydrogen) atoms. The zero-order chi connectivity index (χ0) is 12.4. The fraction of sp³-hybridized carbons (Fsp3) is 1.00. The van der Waals surface area contributed by atoms with Gasteiger partial charge in [-0.3, -0.25) is 0 Å². The summed E-state index contributed by atoms with van der Waals surface area (Å²) in [6.07, 6.45) is 12.0. The Morgan fingerprint density at radius 1 is 1.06 bits per heavy atom. The third-order valence-electron chi connectivity index (χ3n) is 3.76. The van der Waals surface area contributed by atoms with Gasteiger partial charge in [0.15, 0.2) is 0 Å². The van der Waals surface area contributed by atoms with Gasteiger partial charge in [0, 0.05) is 13.2 Å². The van der Waals surface area contributed by atoms with Crippen LogP contribution >= 0.6 is 0 Å². The number of nitrogens with one attached hydrogen (secondary N) is 1. The van der Waals surface area contributed by atoms with Crippen molar-refractivity contribution >= 4 is 0 Å². The SMILES string of the molecule is CCCCCCCCCOC1(C)CCCNC1. The van der Waals surface area contributed by atoms with Crippen molar-refractivity contribution in [3.05, 3.63) is 0 Å². The third kappa shape index (κ3) is 7.05. The molecule has 0 saturated carbocycles. The fourth-order valence-electron chi connectivity index (χ4n) is 2.53. The molecule has 102 valence electrons. The van der Waals surface area contributed by atoms with E-state index in [9.17, 15) is 0 Å². The highest BCUT2D eigenvalue weighted by Gasteiger charge is 2.26. The lowest BCUT2D eigenvalue weighted by Crippen LogP contribution is -2.45. The summed E-state index contributed by atoms with van der Waals surface area (Å²) in [5.41, 5.74) is 0.112. The predicted octanol–water partition coefficient (Wildman–Crippen LogP) is 3.90. The van der Waals surface area contributed by atoms with Gasteiger partial charge in [0.1, 0.15) is 0 Å². The first-order valence-corrected chi connectivity index (χ1v) is 7.61. The molecule has 1 N–H and O–H groups in total. The van der Waals surface area contributed by atoms with Crippen LogP contribution in [0.15, 0.2) is 0 Å². The van der Waals surface area contributed by atoms with Crippen LogP contribution < -0.4 is 5.32 Å².